The van der Waals surface area contributed by atoms with E-state index in [0.29, 0.717) is 5.41 Å². The van der Waals surface area contributed by atoms with E-state index in [-0.39, 0.29) is 0 Å². The molecule has 0 amide bonds. The van der Waals surface area contributed by atoms with Crippen LogP contribution in [-0.2, 0) is 0 Å². The van der Waals surface area contributed by atoms with Crippen LogP contribution >= 0.6 is 0 Å². The quantitative estimate of drug-likeness (QED) is 0.603. The standard InChI is InChI=1S/C13H20/c1-5-9-13(3,4)12-8-6-7-11(2)10-12/h6,8,10H,2,5,7,9H2,1,3-4H3. The lowest BCUT2D eigenvalue weighted by molar-refractivity contribution is 0.411. The molecule has 1 rings (SSSR count). The Labute approximate surface area is 82.0 Å². The maximum absolute atomic E-state index is 4.01. The fraction of sp³-hybridized carbons (Fsp3) is 0.538. The van der Waals surface area contributed by atoms with Crippen LogP contribution in [0.15, 0.2) is 36.0 Å². The van der Waals surface area contributed by atoms with Crippen molar-refractivity contribution < 1.29 is 0 Å². The predicted octanol–water partition coefficient (Wildman–Crippen LogP) is 4.26. The highest BCUT2D eigenvalue weighted by atomic mass is 14.3. The lowest BCUT2D eigenvalue weighted by Crippen LogP contribution is -2.14. The third-order valence-electron chi connectivity index (χ3n) is 2.69. The zero-order valence-electron chi connectivity index (χ0n) is 9.06. The van der Waals surface area contributed by atoms with Gasteiger partial charge >= 0.3 is 0 Å². The van der Waals surface area contributed by atoms with Crippen LogP contribution < -0.4 is 0 Å². The molecule has 0 radical (unpaired) electrons. The van der Waals surface area contributed by atoms with Gasteiger partial charge in [-0.3, -0.25) is 0 Å². The van der Waals surface area contributed by atoms with E-state index in [9.17, 15) is 0 Å². The molecule has 0 fully saturated rings. The van der Waals surface area contributed by atoms with Gasteiger partial charge in [0.1, 0.15) is 0 Å². The van der Waals surface area contributed by atoms with Gasteiger partial charge in [0.25, 0.3) is 0 Å². The van der Waals surface area contributed by atoms with Crippen molar-refractivity contribution >= 4 is 0 Å². The molecule has 0 aromatic heterocycles. The lowest BCUT2D eigenvalue weighted by atomic mass is 9.77. The van der Waals surface area contributed by atoms with Crippen molar-refractivity contribution in [1.82, 2.24) is 0 Å². The second-order valence-corrected chi connectivity index (χ2v) is 4.50. The third kappa shape index (κ3) is 2.58. The molecular weight excluding hydrogens is 156 g/mol. The number of allylic oxidation sites excluding steroid dienone is 5. The van der Waals surface area contributed by atoms with Crippen molar-refractivity contribution in [2.45, 2.75) is 40.0 Å². The second kappa shape index (κ2) is 3.95. The first-order chi connectivity index (χ1) is 6.06. The summed E-state index contributed by atoms with van der Waals surface area (Å²) in [6, 6.07) is 0. The Morgan fingerprint density at radius 2 is 2.15 bits per heavy atom. The van der Waals surface area contributed by atoms with Gasteiger partial charge in [-0.2, -0.15) is 0 Å². The Kier molecular flexibility index (Phi) is 3.13. The first kappa shape index (κ1) is 10.3. The Morgan fingerprint density at radius 1 is 1.46 bits per heavy atom. The van der Waals surface area contributed by atoms with E-state index in [2.05, 4.69) is 45.6 Å². The molecule has 0 spiro atoms. The molecule has 0 heterocycles. The first-order valence-electron chi connectivity index (χ1n) is 5.13. The monoisotopic (exact) mass is 176 g/mol. The molecule has 1 aliphatic carbocycles. The molecule has 0 nitrogen and oxygen atoms in total. The van der Waals surface area contributed by atoms with Crippen molar-refractivity contribution in [1.29, 1.82) is 0 Å². The summed E-state index contributed by atoms with van der Waals surface area (Å²) in [5.74, 6) is 0. The minimum Gasteiger partial charge on any atom is -0.0955 e. The SMILES string of the molecule is C=C1C=C(C(C)(C)CCC)C=CC1. The zero-order valence-corrected chi connectivity index (χ0v) is 9.06. The molecule has 0 atom stereocenters. The van der Waals surface area contributed by atoms with Crippen molar-refractivity contribution in [3.8, 4) is 0 Å². The molecule has 0 aliphatic heterocycles. The van der Waals surface area contributed by atoms with Crippen LogP contribution in [0.4, 0.5) is 0 Å². The smallest absolute Gasteiger partial charge is 0.01000 e. The Bertz CT molecular complexity index is 251. The van der Waals surface area contributed by atoms with E-state index < -0.39 is 0 Å². The summed E-state index contributed by atoms with van der Waals surface area (Å²) in [7, 11) is 0. The molecule has 0 unspecified atom stereocenters. The second-order valence-electron chi connectivity index (χ2n) is 4.50. The van der Waals surface area contributed by atoms with Gasteiger partial charge in [-0.1, -0.05) is 57.6 Å². The summed E-state index contributed by atoms with van der Waals surface area (Å²) in [5, 5.41) is 0. The van der Waals surface area contributed by atoms with Gasteiger partial charge in [0.05, 0.1) is 0 Å². The van der Waals surface area contributed by atoms with E-state index in [1.807, 2.05) is 0 Å². The molecular formula is C13H20. The van der Waals surface area contributed by atoms with Crippen molar-refractivity contribution in [2.75, 3.05) is 0 Å². The van der Waals surface area contributed by atoms with Crippen LogP contribution in [0.25, 0.3) is 0 Å². The van der Waals surface area contributed by atoms with Gasteiger partial charge in [0.2, 0.25) is 0 Å². The highest BCUT2D eigenvalue weighted by Crippen LogP contribution is 2.35. The molecule has 13 heavy (non-hydrogen) atoms. The number of hydrogen-bond acceptors (Lipinski definition) is 0. The summed E-state index contributed by atoms with van der Waals surface area (Å²) in [4.78, 5) is 0. The topological polar surface area (TPSA) is 0 Å². The van der Waals surface area contributed by atoms with Crippen molar-refractivity contribution in [2.24, 2.45) is 5.41 Å². The van der Waals surface area contributed by atoms with E-state index in [4.69, 9.17) is 0 Å². The molecule has 0 aromatic rings. The Hall–Kier alpha value is -0.780. The van der Waals surface area contributed by atoms with Crippen LogP contribution in [0.2, 0.25) is 0 Å². The number of rotatable bonds is 3. The summed E-state index contributed by atoms with van der Waals surface area (Å²) in [6.07, 6.45) is 10.2. The Morgan fingerprint density at radius 3 is 2.69 bits per heavy atom. The van der Waals surface area contributed by atoms with Gasteiger partial charge in [0.15, 0.2) is 0 Å². The summed E-state index contributed by atoms with van der Waals surface area (Å²) in [6.45, 7) is 10.9. The van der Waals surface area contributed by atoms with E-state index in [0.717, 1.165) is 6.42 Å². The third-order valence-corrected chi connectivity index (χ3v) is 2.69. The fourth-order valence-electron chi connectivity index (χ4n) is 1.85. The summed E-state index contributed by atoms with van der Waals surface area (Å²) in [5.41, 5.74) is 2.99. The van der Waals surface area contributed by atoms with E-state index in [1.54, 1.807) is 0 Å². The van der Waals surface area contributed by atoms with Crippen LogP contribution in [0.5, 0.6) is 0 Å². The highest BCUT2D eigenvalue weighted by Gasteiger charge is 2.21. The minimum atomic E-state index is 0.314. The zero-order chi connectivity index (χ0) is 9.90. The van der Waals surface area contributed by atoms with Crippen LogP contribution in [0, 0.1) is 5.41 Å². The largest absolute Gasteiger partial charge is 0.0955 e. The van der Waals surface area contributed by atoms with Gasteiger partial charge in [-0.15, -0.1) is 0 Å². The lowest BCUT2D eigenvalue weighted by Gasteiger charge is -2.27. The van der Waals surface area contributed by atoms with Crippen LogP contribution in [-0.4, -0.2) is 0 Å². The maximum Gasteiger partial charge on any atom is -0.01000 e. The van der Waals surface area contributed by atoms with E-state index >= 15 is 0 Å². The van der Waals surface area contributed by atoms with Crippen molar-refractivity contribution in [3.05, 3.63) is 36.0 Å². The summed E-state index contributed by atoms with van der Waals surface area (Å²) >= 11 is 0. The van der Waals surface area contributed by atoms with Crippen molar-refractivity contribution in [3.63, 3.8) is 0 Å². The number of hydrogen-bond donors (Lipinski definition) is 0. The Balaban J connectivity index is 2.81. The van der Waals surface area contributed by atoms with Gasteiger partial charge in [-0.05, 0) is 23.8 Å². The minimum absolute atomic E-state index is 0.314. The summed E-state index contributed by atoms with van der Waals surface area (Å²) < 4.78 is 0. The highest BCUT2D eigenvalue weighted by molar-refractivity contribution is 5.38. The fourth-order valence-corrected chi connectivity index (χ4v) is 1.85. The van der Waals surface area contributed by atoms with Crippen LogP contribution in [0.3, 0.4) is 0 Å². The van der Waals surface area contributed by atoms with Gasteiger partial charge in [0, 0.05) is 0 Å². The molecule has 1 aliphatic rings. The first-order valence-corrected chi connectivity index (χ1v) is 5.13. The molecule has 0 bridgehead atoms. The van der Waals surface area contributed by atoms with Gasteiger partial charge in [-0.25, -0.2) is 0 Å². The normalized spacial score (nSPS) is 17.5. The maximum atomic E-state index is 4.01. The molecule has 0 saturated heterocycles. The van der Waals surface area contributed by atoms with E-state index in [1.165, 1.54) is 24.0 Å². The molecule has 0 saturated carbocycles. The average molecular weight is 176 g/mol. The molecule has 0 aromatic carbocycles. The molecule has 0 N–H and O–H groups in total. The van der Waals surface area contributed by atoms with Gasteiger partial charge < -0.3 is 0 Å². The predicted molar refractivity (Wildman–Crippen MR) is 59.7 cm³/mol. The van der Waals surface area contributed by atoms with Crippen LogP contribution in [0.1, 0.15) is 40.0 Å². The molecule has 72 valence electrons. The molecule has 0 heteroatoms. The average Bonchev–Trinajstić information content (AvgIpc) is 2.04.